The van der Waals surface area contributed by atoms with Crippen LogP contribution in [-0.4, -0.2) is 48.9 Å². The van der Waals surface area contributed by atoms with E-state index in [9.17, 15) is 18.4 Å². The molecule has 0 radical (unpaired) electrons. The quantitative estimate of drug-likeness (QED) is 0.794. The molecule has 1 atom stereocenters. The first kappa shape index (κ1) is 22.6. The minimum atomic E-state index is -0.934. The van der Waals surface area contributed by atoms with E-state index in [1.807, 2.05) is 13.8 Å². The Hall–Kier alpha value is -1.73. The third-order valence-electron chi connectivity index (χ3n) is 5.88. The summed E-state index contributed by atoms with van der Waals surface area (Å²) in [5.41, 5.74) is -0.366. The van der Waals surface area contributed by atoms with Crippen molar-refractivity contribution in [2.24, 2.45) is 11.3 Å². The Bertz CT molecular complexity index is 693. The number of halogens is 3. The van der Waals surface area contributed by atoms with Gasteiger partial charge in [-0.25, -0.2) is 8.78 Å². The van der Waals surface area contributed by atoms with Gasteiger partial charge in [0.1, 0.15) is 23.2 Å². The molecule has 2 saturated heterocycles. The largest absolute Gasteiger partial charge is 0.341 e. The van der Waals surface area contributed by atoms with E-state index < -0.39 is 29.1 Å². The van der Waals surface area contributed by atoms with Crippen molar-refractivity contribution in [3.8, 4) is 0 Å². The summed E-state index contributed by atoms with van der Waals surface area (Å²) in [5, 5.41) is 5.94. The summed E-state index contributed by atoms with van der Waals surface area (Å²) in [6, 6.07) is 2.45. The van der Waals surface area contributed by atoms with E-state index in [1.165, 1.54) is 6.07 Å². The Morgan fingerprint density at radius 3 is 2.25 bits per heavy atom. The van der Waals surface area contributed by atoms with E-state index in [2.05, 4.69) is 10.6 Å². The minimum Gasteiger partial charge on any atom is -0.341 e. The van der Waals surface area contributed by atoms with Gasteiger partial charge in [-0.3, -0.25) is 9.59 Å². The van der Waals surface area contributed by atoms with Crippen LogP contribution >= 0.6 is 12.4 Å². The Labute approximate surface area is 170 Å². The van der Waals surface area contributed by atoms with Gasteiger partial charge in [0.2, 0.25) is 5.91 Å². The number of amides is 2. The third-order valence-corrected chi connectivity index (χ3v) is 5.88. The highest BCUT2D eigenvalue weighted by Gasteiger charge is 2.40. The molecular weight excluding hydrogens is 388 g/mol. The molecule has 2 aliphatic rings. The highest BCUT2D eigenvalue weighted by atomic mass is 35.5. The Morgan fingerprint density at radius 1 is 1.14 bits per heavy atom. The van der Waals surface area contributed by atoms with Crippen LogP contribution < -0.4 is 10.6 Å². The van der Waals surface area contributed by atoms with Gasteiger partial charge in [-0.2, -0.15) is 0 Å². The third kappa shape index (κ3) is 4.63. The van der Waals surface area contributed by atoms with Gasteiger partial charge in [0, 0.05) is 19.6 Å². The van der Waals surface area contributed by atoms with Gasteiger partial charge in [-0.15, -0.1) is 12.4 Å². The van der Waals surface area contributed by atoms with E-state index in [4.69, 9.17) is 0 Å². The fraction of sp³-hybridized carbons (Fsp3) is 0.600. The molecule has 28 heavy (non-hydrogen) atoms. The second-order valence-electron chi connectivity index (χ2n) is 8.04. The summed E-state index contributed by atoms with van der Waals surface area (Å²) in [6.45, 7) is 6.93. The zero-order chi connectivity index (χ0) is 19.6. The van der Waals surface area contributed by atoms with Crippen LogP contribution in [0.2, 0.25) is 0 Å². The van der Waals surface area contributed by atoms with Gasteiger partial charge >= 0.3 is 0 Å². The van der Waals surface area contributed by atoms with Crippen molar-refractivity contribution in [1.82, 2.24) is 15.5 Å². The second kappa shape index (κ2) is 9.18. The number of benzene rings is 1. The van der Waals surface area contributed by atoms with Crippen LogP contribution in [0.3, 0.4) is 0 Å². The molecule has 2 amide bonds. The van der Waals surface area contributed by atoms with Gasteiger partial charge in [0.25, 0.3) is 5.91 Å². The maximum atomic E-state index is 13.9. The molecule has 5 nitrogen and oxygen atoms in total. The molecule has 156 valence electrons. The second-order valence-corrected chi connectivity index (χ2v) is 8.04. The summed E-state index contributed by atoms with van der Waals surface area (Å²) in [5.74, 6) is -3.14. The summed E-state index contributed by atoms with van der Waals surface area (Å²) in [7, 11) is 0. The van der Waals surface area contributed by atoms with E-state index in [0.29, 0.717) is 13.1 Å². The summed E-state index contributed by atoms with van der Waals surface area (Å²) >= 11 is 0. The van der Waals surface area contributed by atoms with Crippen molar-refractivity contribution in [3.05, 3.63) is 35.4 Å². The lowest BCUT2D eigenvalue weighted by Gasteiger charge is -2.40. The van der Waals surface area contributed by atoms with Crippen LogP contribution in [0.15, 0.2) is 18.2 Å². The van der Waals surface area contributed by atoms with E-state index in [1.54, 1.807) is 4.90 Å². The van der Waals surface area contributed by atoms with Gasteiger partial charge in [-0.1, -0.05) is 19.9 Å². The molecule has 0 aromatic heterocycles. The first-order chi connectivity index (χ1) is 12.8. The van der Waals surface area contributed by atoms with Crippen molar-refractivity contribution >= 4 is 24.2 Å². The highest BCUT2D eigenvalue weighted by Crippen LogP contribution is 2.37. The SMILES string of the molecule is CC(C)[C@H](NC(=O)c1c(F)cccc1F)C(=O)N1CCC2(CCNC2)CC1.Cl. The number of rotatable bonds is 4. The van der Waals surface area contributed by atoms with Crippen LogP contribution in [-0.2, 0) is 4.79 Å². The molecule has 1 spiro atoms. The van der Waals surface area contributed by atoms with Crippen LogP contribution in [0.4, 0.5) is 8.78 Å². The van der Waals surface area contributed by atoms with Crippen molar-refractivity contribution in [2.45, 2.75) is 39.2 Å². The lowest BCUT2D eigenvalue weighted by atomic mass is 9.77. The Kier molecular flexibility index (Phi) is 7.39. The normalized spacial score (nSPS) is 19.4. The lowest BCUT2D eigenvalue weighted by Crippen LogP contribution is -2.54. The van der Waals surface area contributed by atoms with Crippen molar-refractivity contribution < 1.29 is 18.4 Å². The molecule has 2 heterocycles. The number of carbonyl (C=O) groups excluding carboxylic acids is 2. The molecular formula is C20H28ClF2N3O2. The molecule has 1 aromatic carbocycles. The van der Waals surface area contributed by atoms with E-state index in [-0.39, 0.29) is 29.6 Å². The molecule has 2 N–H and O–H groups in total. The number of carbonyl (C=O) groups is 2. The highest BCUT2D eigenvalue weighted by molar-refractivity contribution is 5.98. The first-order valence-electron chi connectivity index (χ1n) is 9.57. The summed E-state index contributed by atoms with van der Waals surface area (Å²) in [6.07, 6.45) is 3.00. The van der Waals surface area contributed by atoms with Gasteiger partial charge in [0.15, 0.2) is 0 Å². The number of likely N-dealkylation sites (tertiary alicyclic amines) is 1. The monoisotopic (exact) mass is 415 g/mol. The summed E-state index contributed by atoms with van der Waals surface area (Å²) < 4.78 is 27.8. The van der Waals surface area contributed by atoms with Gasteiger partial charge in [-0.05, 0) is 49.3 Å². The fourth-order valence-electron chi connectivity index (χ4n) is 4.06. The molecule has 8 heteroatoms. The van der Waals surface area contributed by atoms with Crippen LogP contribution in [0, 0.1) is 23.0 Å². The Morgan fingerprint density at radius 2 is 1.75 bits per heavy atom. The molecule has 2 aliphatic heterocycles. The van der Waals surface area contributed by atoms with Crippen molar-refractivity contribution in [1.29, 1.82) is 0 Å². The average Bonchev–Trinajstić information content (AvgIpc) is 3.07. The number of piperidine rings is 1. The Balaban J connectivity index is 0.00000280. The maximum absolute atomic E-state index is 13.9. The number of nitrogens with one attached hydrogen (secondary N) is 2. The van der Waals surface area contributed by atoms with Crippen LogP contribution in [0.25, 0.3) is 0 Å². The standard InChI is InChI=1S/C20H27F2N3O2.ClH/c1-13(2)17(24-18(26)16-14(21)4-3-5-15(16)22)19(27)25-10-7-20(8-11-25)6-9-23-12-20;/h3-5,13,17,23H,6-12H2,1-2H3,(H,24,26);1H/t17-;/m0./s1. The minimum absolute atomic E-state index is 0. The smallest absolute Gasteiger partial charge is 0.257 e. The number of nitrogens with zero attached hydrogens (tertiary/aromatic N) is 1. The van der Waals surface area contributed by atoms with Crippen LogP contribution in [0.5, 0.6) is 0 Å². The maximum Gasteiger partial charge on any atom is 0.257 e. The van der Waals surface area contributed by atoms with E-state index >= 15 is 0 Å². The topological polar surface area (TPSA) is 61.4 Å². The number of hydrogen-bond donors (Lipinski definition) is 2. The summed E-state index contributed by atoms with van der Waals surface area (Å²) in [4.78, 5) is 27.2. The average molecular weight is 416 g/mol. The van der Waals surface area contributed by atoms with E-state index in [0.717, 1.165) is 44.5 Å². The zero-order valence-electron chi connectivity index (χ0n) is 16.3. The number of hydrogen-bond acceptors (Lipinski definition) is 3. The molecule has 0 saturated carbocycles. The predicted octanol–water partition coefficient (Wildman–Crippen LogP) is 2.74. The molecule has 2 fully saturated rings. The molecule has 0 aliphatic carbocycles. The van der Waals surface area contributed by atoms with Crippen LogP contribution in [0.1, 0.15) is 43.5 Å². The van der Waals surface area contributed by atoms with Gasteiger partial charge in [0.05, 0.1) is 0 Å². The van der Waals surface area contributed by atoms with Crippen molar-refractivity contribution in [3.63, 3.8) is 0 Å². The fourth-order valence-corrected chi connectivity index (χ4v) is 4.06. The van der Waals surface area contributed by atoms with Gasteiger partial charge < -0.3 is 15.5 Å². The predicted molar refractivity (Wildman–Crippen MR) is 105 cm³/mol. The molecule has 0 unspecified atom stereocenters. The molecule has 0 bridgehead atoms. The molecule has 1 aromatic rings. The molecule has 3 rings (SSSR count). The van der Waals surface area contributed by atoms with Crippen molar-refractivity contribution in [2.75, 3.05) is 26.2 Å². The zero-order valence-corrected chi connectivity index (χ0v) is 17.1. The first-order valence-corrected chi connectivity index (χ1v) is 9.57. The lowest BCUT2D eigenvalue weighted by molar-refractivity contribution is -0.136.